The van der Waals surface area contributed by atoms with Gasteiger partial charge in [0.05, 0.1) is 6.07 Å². The maximum absolute atomic E-state index is 12.3. The Kier molecular flexibility index (Phi) is 2.37. The second-order valence-corrected chi connectivity index (χ2v) is 4.47. The van der Waals surface area contributed by atoms with Crippen molar-refractivity contribution in [1.82, 2.24) is 4.90 Å². The topological polar surface area (TPSA) is 44.1 Å². The average Bonchev–Trinajstić information content (AvgIpc) is 3.02. The highest BCUT2D eigenvalue weighted by atomic mass is 19.4. The second kappa shape index (κ2) is 3.37. The van der Waals surface area contributed by atoms with Crippen molar-refractivity contribution in [3.05, 3.63) is 0 Å². The average molecular weight is 232 g/mol. The number of alkyl halides is 3. The molecule has 2 aliphatic carbocycles. The quantitative estimate of drug-likeness (QED) is 0.745. The number of carbonyl (C=O) groups is 1. The van der Waals surface area contributed by atoms with Crippen molar-refractivity contribution < 1.29 is 18.0 Å². The molecule has 6 heteroatoms. The van der Waals surface area contributed by atoms with Crippen LogP contribution in [0.15, 0.2) is 0 Å². The summed E-state index contributed by atoms with van der Waals surface area (Å²) < 4.78 is 36.9. The fourth-order valence-corrected chi connectivity index (χ4v) is 1.72. The summed E-state index contributed by atoms with van der Waals surface area (Å²) >= 11 is 0. The van der Waals surface area contributed by atoms with E-state index in [9.17, 15) is 18.0 Å². The Hall–Kier alpha value is -1.25. The van der Waals surface area contributed by atoms with Gasteiger partial charge in [-0.1, -0.05) is 0 Å². The van der Waals surface area contributed by atoms with Crippen LogP contribution in [0, 0.1) is 16.7 Å². The van der Waals surface area contributed by atoms with Crippen LogP contribution in [0.4, 0.5) is 13.2 Å². The van der Waals surface area contributed by atoms with Crippen LogP contribution in [0.1, 0.15) is 25.7 Å². The van der Waals surface area contributed by atoms with Crippen molar-refractivity contribution in [3.8, 4) is 6.07 Å². The minimum atomic E-state index is -4.39. The summed E-state index contributed by atoms with van der Waals surface area (Å²) in [6.45, 7) is -1.22. The molecule has 16 heavy (non-hydrogen) atoms. The normalized spacial score (nSPS) is 22.4. The first-order chi connectivity index (χ1) is 7.38. The molecule has 0 radical (unpaired) electrons. The number of nitriles is 1. The van der Waals surface area contributed by atoms with Gasteiger partial charge in [0.25, 0.3) is 0 Å². The van der Waals surface area contributed by atoms with Crippen LogP contribution in [0.25, 0.3) is 0 Å². The summed E-state index contributed by atoms with van der Waals surface area (Å²) in [7, 11) is 0. The Morgan fingerprint density at radius 3 is 2.31 bits per heavy atom. The highest BCUT2D eigenvalue weighted by molar-refractivity contribution is 5.88. The standard InChI is InChI=1S/C10H11F3N2O/c11-10(12,13)6-15(7-1-2-7)8(16)9(5-14)3-4-9/h7H,1-4,6H2. The van der Waals surface area contributed by atoms with Crippen molar-refractivity contribution in [3.63, 3.8) is 0 Å². The molecule has 2 rings (SSSR count). The zero-order valence-electron chi connectivity index (χ0n) is 8.55. The number of amides is 1. The van der Waals surface area contributed by atoms with E-state index < -0.39 is 24.0 Å². The molecular weight excluding hydrogens is 221 g/mol. The smallest absolute Gasteiger partial charge is 0.329 e. The van der Waals surface area contributed by atoms with Gasteiger partial charge in [0.15, 0.2) is 0 Å². The molecule has 0 aromatic rings. The molecule has 0 aromatic carbocycles. The molecular formula is C10H11F3N2O. The predicted molar refractivity (Wildman–Crippen MR) is 48.1 cm³/mol. The monoisotopic (exact) mass is 232 g/mol. The highest BCUT2D eigenvalue weighted by Gasteiger charge is 2.55. The Balaban J connectivity index is 2.08. The lowest BCUT2D eigenvalue weighted by atomic mass is 10.1. The number of hydrogen-bond donors (Lipinski definition) is 0. The summed E-state index contributed by atoms with van der Waals surface area (Å²) in [6.07, 6.45) is -2.37. The van der Waals surface area contributed by atoms with Crippen LogP contribution >= 0.6 is 0 Å². The lowest BCUT2D eigenvalue weighted by molar-refractivity contribution is -0.164. The van der Waals surface area contributed by atoms with E-state index in [-0.39, 0.29) is 6.04 Å². The molecule has 0 unspecified atom stereocenters. The lowest BCUT2D eigenvalue weighted by Crippen LogP contribution is -2.44. The Bertz CT molecular complexity index is 350. The third-order valence-corrected chi connectivity index (χ3v) is 2.97. The summed E-state index contributed by atoms with van der Waals surface area (Å²) in [4.78, 5) is 12.7. The van der Waals surface area contributed by atoms with Gasteiger partial charge in [-0.25, -0.2) is 0 Å². The van der Waals surface area contributed by atoms with Crippen LogP contribution in [0.2, 0.25) is 0 Å². The first-order valence-corrected chi connectivity index (χ1v) is 5.17. The van der Waals surface area contributed by atoms with E-state index in [0.29, 0.717) is 25.7 Å². The number of rotatable bonds is 3. The van der Waals surface area contributed by atoms with Gasteiger partial charge >= 0.3 is 6.18 Å². The molecule has 88 valence electrons. The molecule has 0 aromatic heterocycles. The van der Waals surface area contributed by atoms with E-state index in [1.54, 1.807) is 0 Å². The SMILES string of the molecule is N#CC1(C(=O)N(CC(F)(F)F)C2CC2)CC1. The third kappa shape index (κ3) is 2.13. The van der Waals surface area contributed by atoms with Crippen LogP contribution in [0.5, 0.6) is 0 Å². The molecule has 2 saturated carbocycles. The van der Waals surface area contributed by atoms with Crippen LogP contribution in [0.3, 0.4) is 0 Å². The third-order valence-electron chi connectivity index (χ3n) is 2.97. The van der Waals surface area contributed by atoms with Crippen molar-refractivity contribution in [2.75, 3.05) is 6.54 Å². The molecule has 2 fully saturated rings. The van der Waals surface area contributed by atoms with Gasteiger partial charge in [0, 0.05) is 6.04 Å². The maximum Gasteiger partial charge on any atom is 0.406 e. The molecule has 3 nitrogen and oxygen atoms in total. The molecule has 0 spiro atoms. The summed E-state index contributed by atoms with van der Waals surface area (Å²) in [5.41, 5.74) is -1.14. The number of carbonyl (C=O) groups excluding carboxylic acids is 1. The van der Waals surface area contributed by atoms with E-state index >= 15 is 0 Å². The number of hydrogen-bond acceptors (Lipinski definition) is 2. The van der Waals surface area contributed by atoms with E-state index in [1.165, 1.54) is 0 Å². The van der Waals surface area contributed by atoms with E-state index in [1.807, 2.05) is 6.07 Å². The van der Waals surface area contributed by atoms with Gasteiger partial charge in [-0.2, -0.15) is 18.4 Å². The first kappa shape index (κ1) is 11.2. The zero-order valence-corrected chi connectivity index (χ0v) is 8.55. The molecule has 0 atom stereocenters. The summed E-state index contributed by atoms with van der Waals surface area (Å²) in [5, 5.41) is 8.80. The summed E-state index contributed by atoms with van der Waals surface area (Å²) in [5.74, 6) is -0.630. The number of halogens is 3. The number of nitrogens with zero attached hydrogens (tertiary/aromatic N) is 2. The van der Waals surface area contributed by atoms with Crippen molar-refractivity contribution in [2.24, 2.45) is 5.41 Å². The van der Waals surface area contributed by atoms with Crippen LogP contribution in [-0.2, 0) is 4.79 Å². The Morgan fingerprint density at radius 2 is 2.00 bits per heavy atom. The molecule has 0 bridgehead atoms. The second-order valence-electron chi connectivity index (χ2n) is 4.47. The molecule has 0 N–H and O–H groups in total. The lowest BCUT2D eigenvalue weighted by Gasteiger charge is -2.25. The maximum atomic E-state index is 12.3. The fraction of sp³-hybridized carbons (Fsp3) is 0.800. The molecule has 0 heterocycles. The largest absolute Gasteiger partial charge is 0.406 e. The Morgan fingerprint density at radius 1 is 1.44 bits per heavy atom. The Labute approximate surface area is 90.8 Å². The van der Waals surface area contributed by atoms with Gasteiger partial charge in [-0.15, -0.1) is 0 Å². The molecule has 0 saturated heterocycles. The van der Waals surface area contributed by atoms with Gasteiger partial charge in [0.2, 0.25) is 5.91 Å². The molecule has 0 aliphatic heterocycles. The molecule has 2 aliphatic rings. The van der Waals surface area contributed by atoms with Gasteiger partial charge in [-0.3, -0.25) is 4.79 Å². The fourth-order valence-electron chi connectivity index (χ4n) is 1.72. The summed E-state index contributed by atoms with van der Waals surface area (Å²) in [6, 6.07) is 1.54. The zero-order chi connectivity index (χ0) is 12.0. The van der Waals surface area contributed by atoms with Gasteiger partial charge < -0.3 is 4.90 Å². The van der Waals surface area contributed by atoms with Gasteiger partial charge in [0.1, 0.15) is 12.0 Å². The van der Waals surface area contributed by atoms with Crippen LogP contribution < -0.4 is 0 Å². The molecule has 1 amide bonds. The minimum absolute atomic E-state index is 0.306. The highest BCUT2D eigenvalue weighted by Crippen LogP contribution is 2.48. The van der Waals surface area contributed by atoms with Crippen molar-refractivity contribution in [1.29, 1.82) is 5.26 Å². The minimum Gasteiger partial charge on any atom is -0.329 e. The van der Waals surface area contributed by atoms with Crippen molar-refractivity contribution >= 4 is 5.91 Å². The predicted octanol–water partition coefficient (Wildman–Crippen LogP) is 1.84. The van der Waals surface area contributed by atoms with E-state index in [0.717, 1.165) is 4.90 Å². The van der Waals surface area contributed by atoms with E-state index in [4.69, 9.17) is 5.26 Å². The van der Waals surface area contributed by atoms with E-state index in [2.05, 4.69) is 0 Å². The van der Waals surface area contributed by atoms with Crippen LogP contribution in [-0.4, -0.2) is 29.6 Å². The van der Waals surface area contributed by atoms with Crippen molar-refractivity contribution in [2.45, 2.75) is 37.9 Å². The van der Waals surface area contributed by atoms with Gasteiger partial charge in [-0.05, 0) is 25.7 Å². The first-order valence-electron chi connectivity index (χ1n) is 5.17.